The zero-order valence-corrected chi connectivity index (χ0v) is 21.8. The molecule has 1 amide bonds. The average Bonchev–Trinajstić information content (AvgIpc) is 3.46. The smallest absolute Gasteiger partial charge is 0.207 e. The van der Waals surface area contributed by atoms with Crippen LogP contribution in [-0.2, 0) is 24.4 Å². The van der Waals surface area contributed by atoms with Gasteiger partial charge in [0.25, 0.3) is 0 Å². The second-order valence-corrected chi connectivity index (χ2v) is 9.12. The quantitative estimate of drug-likeness (QED) is 0.130. The molecule has 3 aromatic heterocycles. The van der Waals surface area contributed by atoms with Crippen molar-refractivity contribution in [2.24, 2.45) is 17.3 Å². The van der Waals surface area contributed by atoms with Crippen molar-refractivity contribution in [1.29, 1.82) is 0 Å². The number of aromatic nitrogens is 6. The van der Waals surface area contributed by atoms with Crippen molar-refractivity contribution in [2.45, 2.75) is 45.3 Å². The van der Waals surface area contributed by atoms with E-state index >= 15 is 0 Å². The minimum absolute atomic E-state index is 0.0156. The molecule has 5 rings (SSSR count). The summed E-state index contributed by atoms with van der Waals surface area (Å²) in [6.07, 6.45) is 10.2. The Labute approximate surface area is 224 Å². The number of ether oxygens (including phenoxy) is 1. The highest BCUT2D eigenvalue weighted by Crippen LogP contribution is 2.40. The van der Waals surface area contributed by atoms with Crippen LogP contribution in [0.1, 0.15) is 48.1 Å². The lowest BCUT2D eigenvalue weighted by molar-refractivity contribution is -0.109. The van der Waals surface area contributed by atoms with E-state index in [4.69, 9.17) is 22.0 Å². The van der Waals surface area contributed by atoms with Crippen molar-refractivity contribution in [3.8, 4) is 11.4 Å². The number of hydrogen-bond acceptors (Lipinski definition) is 10. The molecule has 1 aromatic carbocycles. The first-order chi connectivity index (χ1) is 18.8. The first-order valence-electron chi connectivity index (χ1n) is 12.3. The fraction of sp³-hybridized carbons (Fsp3) is 0.320. The molecule has 0 saturated heterocycles. The van der Waals surface area contributed by atoms with E-state index in [1.807, 2.05) is 6.20 Å². The van der Waals surface area contributed by atoms with Gasteiger partial charge in [0, 0.05) is 48.5 Å². The number of imidazole rings is 1. The maximum Gasteiger partial charge on any atom is 0.207 e. The summed E-state index contributed by atoms with van der Waals surface area (Å²) in [6, 6.07) is 5.27. The van der Waals surface area contributed by atoms with Gasteiger partial charge in [-0.15, -0.1) is 5.10 Å². The molecule has 0 spiro atoms. The molecule has 7 N–H and O–H groups in total. The molecule has 13 nitrogen and oxygen atoms in total. The van der Waals surface area contributed by atoms with E-state index in [1.165, 1.54) is 42.6 Å². The van der Waals surface area contributed by atoms with Crippen LogP contribution in [-0.4, -0.2) is 48.1 Å². The lowest BCUT2D eigenvalue weighted by Crippen LogP contribution is -2.25. The van der Waals surface area contributed by atoms with Gasteiger partial charge in [-0.25, -0.2) is 19.9 Å². The summed E-state index contributed by atoms with van der Waals surface area (Å²) in [4.78, 5) is 15.0. The summed E-state index contributed by atoms with van der Waals surface area (Å²) >= 11 is 0. The van der Waals surface area contributed by atoms with Crippen molar-refractivity contribution < 1.29 is 13.9 Å². The topological polar surface area (TPSA) is 181 Å². The van der Waals surface area contributed by atoms with Gasteiger partial charge in [-0.1, -0.05) is 0 Å². The molecule has 3 heterocycles. The number of rotatable bonds is 10. The van der Waals surface area contributed by atoms with Crippen molar-refractivity contribution in [2.75, 3.05) is 7.11 Å². The minimum atomic E-state index is -0.556. The maximum absolute atomic E-state index is 14.1. The van der Waals surface area contributed by atoms with Gasteiger partial charge < -0.3 is 30.9 Å². The number of hydrazine groups is 1. The Morgan fingerprint density at radius 3 is 2.74 bits per heavy atom. The van der Waals surface area contributed by atoms with Gasteiger partial charge in [-0.3, -0.25) is 4.79 Å². The molecule has 0 unspecified atom stereocenters. The Bertz CT molecular complexity index is 1440. The zero-order valence-electron chi connectivity index (χ0n) is 21.8. The van der Waals surface area contributed by atoms with Crippen LogP contribution >= 0.6 is 0 Å². The standard InChI is InChI=1S/C15H22N6.C10H10FN5O2/c1-10(17)6-21(18)9-14-8-20-7-13(11-2-3-11)4-12(5-16)15(20)19-14;1-18-9-3-2-8(16-5-13-14-15-16)7(10(9)11)4-12-6-17/h4,6-8,11H,2-3,5,9,16-18H2,1H3;2-3,5-6H,4H2,1H3,(H,12,17)/b10-6-;. The number of tetrazole rings is 1. The van der Waals surface area contributed by atoms with E-state index in [-0.39, 0.29) is 17.9 Å². The van der Waals surface area contributed by atoms with Gasteiger partial charge in [0.05, 0.1) is 25.0 Å². The van der Waals surface area contributed by atoms with E-state index < -0.39 is 5.82 Å². The van der Waals surface area contributed by atoms with Crippen molar-refractivity contribution >= 4 is 12.1 Å². The molecule has 0 bridgehead atoms. The third-order valence-electron chi connectivity index (χ3n) is 6.04. The van der Waals surface area contributed by atoms with Gasteiger partial charge in [0.2, 0.25) is 6.41 Å². The van der Waals surface area contributed by atoms with Gasteiger partial charge >= 0.3 is 0 Å². The van der Waals surface area contributed by atoms with Crippen LogP contribution in [0.5, 0.6) is 5.75 Å². The summed E-state index contributed by atoms with van der Waals surface area (Å²) in [6.45, 7) is 2.83. The normalized spacial score (nSPS) is 13.1. The molecule has 4 aromatic rings. The number of allylic oxidation sites excluding steroid dienone is 1. The molecule has 206 valence electrons. The van der Waals surface area contributed by atoms with E-state index in [0.29, 0.717) is 36.8 Å². The van der Waals surface area contributed by atoms with E-state index in [2.05, 4.69) is 42.5 Å². The lowest BCUT2D eigenvalue weighted by atomic mass is 10.1. The molecule has 1 saturated carbocycles. The molecule has 0 aliphatic heterocycles. The molecule has 1 aliphatic rings. The molecular weight excluding hydrogens is 505 g/mol. The largest absolute Gasteiger partial charge is 0.494 e. The predicted octanol–water partition coefficient (Wildman–Crippen LogP) is 1.22. The minimum Gasteiger partial charge on any atom is -0.494 e. The Kier molecular flexibility index (Phi) is 8.68. The fourth-order valence-electron chi connectivity index (χ4n) is 4.15. The third-order valence-corrected chi connectivity index (χ3v) is 6.04. The summed E-state index contributed by atoms with van der Waals surface area (Å²) in [5.74, 6) is 6.12. The first kappa shape index (κ1) is 27.5. The average molecular weight is 538 g/mol. The monoisotopic (exact) mass is 537 g/mol. The van der Waals surface area contributed by atoms with Crippen molar-refractivity contribution in [1.82, 2.24) is 39.9 Å². The first-order valence-corrected chi connectivity index (χ1v) is 12.3. The van der Waals surface area contributed by atoms with Crippen LogP contribution in [0.4, 0.5) is 4.39 Å². The van der Waals surface area contributed by atoms with E-state index in [0.717, 1.165) is 16.9 Å². The van der Waals surface area contributed by atoms with E-state index in [1.54, 1.807) is 24.2 Å². The fourth-order valence-corrected chi connectivity index (χ4v) is 4.15. The third kappa shape index (κ3) is 6.66. The van der Waals surface area contributed by atoms with Crippen LogP contribution in [0, 0.1) is 5.82 Å². The van der Waals surface area contributed by atoms with Crippen LogP contribution < -0.4 is 27.4 Å². The number of amides is 1. The number of fused-ring (bicyclic) bond motifs is 1. The highest BCUT2D eigenvalue weighted by atomic mass is 19.1. The Balaban J connectivity index is 0.000000183. The highest BCUT2D eigenvalue weighted by Gasteiger charge is 2.25. The van der Waals surface area contributed by atoms with Crippen LogP contribution in [0.15, 0.2) is 48.8 Å². The number of carbonyl (C=O) groups excluding carboxylic acids is 1. The van der Waals surface area contributed by atoms with Gasteiger partial charge in [-0.2, -0.15) is 0 Å². The van der Waals surface area contributed by atoms with Crippen LogP contribution in [0.25, 0.3) is 11.3 Å². The number of nitrogens with zero attached hydrogens (tertiary/aromatic N) is 7. The molecule has 1 aliphatic carbocycles. The van der Waals surface area contributed by atoms with E-state index in [9.17, 15) is 9.18 Å². The number of carbonyl (C=O) groups is 1. The van der Waals surface area contributed by atoms with Crippen LogP contribution in [0.3, 0.4) is 0 Å². The number of nitrogens with one attached hydrogen (secondary N) is 1. The Morgan fingerprint density at radius 1 is 1.33 bits per heavy atom. The molecular formula is C25H32FN11O2. The zero-order chi connectivity index (χ0) is 27.9. The number of hydrogen-bond donors (Lipinski definition) is 4. The summed E-state index contributed by atoms with van der Waals surface area (Å²) < 4.78 is 22.3. The number of benzene rings is 1. The molecule has 0 radical (unpaired) electrons. The molecule has 39 heavy (non-hydrogen) atoms. The summed E-state index contributed by atoms with van der Waals surface area (Å²) in [5.41, 5.74) is 17.1. The SMILES string of the molecule is C/C(N)=C/N(N)Cc1cn2cc(C3CC3)cc(CN)c2n1.COc1ccc(-n2cnnn2)c(CNC=O)c1F. The predicted molar refractivity (Wildman–Crippen MR) is 141 cm³/mol. The molecule has 0 atom stereocenters. The Hall–Kier alpha value is -4.56. The lowest BCUT2D eigenvalue weighted by Gasteiger charge is -2.12. The van der Waals surface area contributed by atoms with Crippen molar-refractivity contribution in [3.63, 3.8) is 0 Å². The Morgan fingerprint density at radius 2 is 2.13 bits per heavy atom. The number of methoxy groups -OCH3 is 1. The second kappa shape index (κ2) is 12.3. The van der Waals surface area contributed by atoms with Crippen molar-refractivity contribution in [3.05, 3.63) is 77.0 Å². The summed E-state index contributed by atoms with van der Waals surface area (Å²) in [7, 11) is 1.37. The molecule has 1 fully saturated rings. The maximum atomic E-state index is 14.1. The van der Waals surface area contributed by atoms with Gasteiger partial charge in [-0.05, 0) is 59.9 Å². The van der Waals surface area contributed by atoms with Gasteiger partial charge in [0.1, 0.15) is 12.0 Å². The number of pyridine rings is 1. The summed E-state index contributed by atoms with van der Waals surface area (Å²) in [5, 5.41) is 14.6. The number of nitrogens with two attached hydrogens (primary N) is 3. The second-order valence-electron chi connectivity index (χ2n) is 9.12. The highest BCUT2D eigenvalue weighted by molar-refractivity contribution is 5.52. The van der Waals surface area contributed by atoms with Gasteiger partial charge in [0.15, 0.2) is 11.6 Å². The number of halogens is 1. The molecule has 14 heteroatoms. The van der Waals surface area contributed by atoms with Crippen LogP contribution in [0.2, 0.25) is 0 Å².